The van der Waals surface area contributed by atoms with E-state index in [1.54, 1.807) is 0 Å². The molecule has 7 nitrogen and oxygen atoms in total. The Kier molecular flexibility index (Phi) is 10.8. The van der Waals surface area contributed by atoms with Crippen molar-refractivity contribution in [2.24, 2.45) is 0 Å². The van der Waals surface area contributed by atoms with Crippen LogP contribution < -0.4 is 0 Å². The highest BCUT2D eigenvalue weighted by atomic mass is 32.3. The van der Waals surface area contributed by atoms with Crippen LogP contribution in [-0.2, 0) is 20.0 Å². The molecule has 1 aliphatic rings. The fraction of sp³-hybridized carbons (Fsp3) is 0.857. The van der Waals surface area contributed by atoms with E-state index in [1.807, 2.05) is 0 Å². The van der Waals surface area contributed by atoms with Gasteiger partial charge in [0.05, 0.1) is 6.67 Å². The summed E-state index contributed by atoms with van der Waals surface area (Å²) in [6.45, 7) is 4.58. The lowest BCUT2D eigenvalue weighted by Gasteiger charge is -2.22. The molecule has 1 rings (SSSR count). The van der Waals surface area contributed by atoms with E-state index in [0.717, 1.165) is 10.8 Å². The Morgan fingerprint density at radius 3 is 1.66 bits per heavy atom. The van der Waals surface area contributed by atoms with Crippen LogP contribution in [-0.4, -0.2) is 57.9 Å². The van der Waals surface area contributed by atoms with E-state index in [2.05, 4.69) is 36.2 Å². The maximum absolute atomic E-state index is 11.4. The van der Waals surface area contributed by atoms with Crippen LogP contribution in [0.1, 0.15) is 45.4 Å². The summed E-state index contributed by atoms with van der Waals surface area (Å²) in [6.07, 6.45) is 12.7. The van der Waals surface area contributed by atoms with Crippen LogP contribution >= 0.6 is 0 Å². The third-order valence-electron chi connectivity index (χ3n) is 3.52. The Labute approximate surface area is 166 Å². The lowest BCUT2D eigenvalue weighted by atomic mass is 10.1. The Bertz CT molecular complexity index is 679. The summed E-state index contributed by atoms with van der Waals surface area (Å²) in [5, 5.41) is 0. The molecule has 0 aliphatic carbocycles. The molecule has 1 aliphatic heterocycles. The molecule has 0 saturated carbocycles. The van der Waals surface area contributed by atoms with Gasteiger partial charge in [0.15, 0.2) is 20.0 Å². The summed E-state index contributed by atoms with van der Waals surface area (Å²) >= 11 is 0. The van der Waals surface area contributed by atoms with Crippen LogP contribution in [0.25, 0.3) is 4.13 Å². The first-order valence-corrected chi connectivity index (χ1v) is 11.4. The summed E-state index contributed by atoms with van der Waals surface area (Å²) in [6, 6.07) is 0. The van der Waals surface area contributed by atoms with Crippen LogP contribution in [0.5, 0.6) is 0 Å². The smallest absolute Gasteiger partial charge is 0.421 e. The maximum Gasteiger partial charge on any atom is 0.480 e. The van der Waals surface area contributed by atoms with Gasteiger partial charge in [-0.05, 0) is 6.42 Å². The Morgan fingerprint density at radius 1 is 0.828 bits per heavy atom. The number of sulfonamides is 2. The number of hydrogen-bond acceptors (Lipinski definition) is 6. The highest BCUT2D eigenvalue weighted by molar-refractivity contribution is 8.13. The van der Waals surface area contributed by atoms with Gasteiger partial charge < -0.3 is 13.9 Å². The second-order valence-corrected chi connectivity index (χ2v) is 9.62. The van der Waals surface area contributed by atoms with E-state index < -0.39 is 31.1 Å². The zero-order valence-corrected chi connectivity index (χ0v) is 17.5. The average Bonchev–Trinajstić information content (AvgIpc) is 2.93. The molecule has 0 N–H and O–H groups in total. The minimum Gasteiger partial charge on any atom is -0.421 e. The van der Waals surface area contributed by atoms with Gasteiger partial charge in [0, 0.05) is 26.0 Å². The summed E-state index contributed by atoms with van der Waals surface area (Å²) in [4.78, 5) is 4.61. The second-order valence-electron chi connectivity index (χ2n) is 6.19. The predicted octanol–water partition coefficient (Wildman–Crippen LogP) is 4.08. The van der Waals surface area contributed by atoms with Gasteiger partial charge in [-0.3, -0.25) is 0 Å². The van der Waals surface area contributed by atoms with Gasteiger partial charge in [-0.1, -0.05) is 39.0 Å². The van der Waals surface area contributed by atoms with Crippen molar-refractivity contribution in [2.75, 3.05) is 20.3 Å². The third-order valence-corrected chi connectivity index (χ3v) is 6.26. The third kappa shape index (κ3) is 10.4. The number of alkyl halides is 6. The number of unbranched alkanes of at least 4 members (excludes halogenated alkanes) is 5. The Balaban J connectivity index is 0.000000541. The van der Waals surface area contributed by atoms with E-state index in [1.165, 1.54) is 45.1 Å². The molecule has 0 amide bonds. The minimum absolute atomic E-state index is 0.778. The molecule has 15 heteroatoms. The predicted molar refractivity (Wildman–Crippen MR) is 95.2 cm³/mol. The first-order chi connectivity index (χ1) is 13.0. The first-order valence-electron chi connectivity index (χ1n) is 8.53. The molecule has 174 valence electrons. The topological polar surface area (TPSA) is 88.9 Å². The van der Waals surface area contributed by atoms with Crippen molar-refractivity contribution in [2.45, 2.75) is 56.5 Å². The number of hydrogen-bond donors (Lipinski definition) is 0. The summed E-state index contributed by atoms with van der Waals surface area (Å²) in [5.74, 6) is 0. The molecule has 0 unspecified atom stereocenters. The molecule has 0 aromatic carbocycles. The molecule has 0 saturated heterocycles. The van der Waals surface area contributed by atoms with Gasteiger partial charge in [0.1, 0.15) is 0 Å². The van der Waals surface area contributed by atoms with Crippen molar-refractivity contribution in [3.05, 3.63) is 16.5 Å². The van der Waals surface area contributed by atoms with E-state index in [-0.39, 0.29) is 0 Å². The van der Waals surface area contributed by atoms with Crippen molar-refractivity contribution >= 4 is 20.0 Å². The van der Waals surface area contributed by atoms with Crippen molar-refractivity contribution < 1.29 is 43.2 Å². The molecule has 0 aromatic heterocycles. The summed E-state index contributed by atoms with van der Waals surface area (Å²) in [5.41, 5.74) is -12.4. The molecule has 0 radical (unpaired) electrons. The van der Waals surface area contributed by atoms with E-state index >= 15 is 0 Å². The van der Waals surface area contributed by atoms with Crippen molar-refractivity contribution in [1.82, 2.24) is 9.80 Å². The van der Waals surface area contributed by atoms with Crippen LogP contribution in [0.2, 0.25) is 0 Å². The Hall–Kier alpha value is -1.22. The van der Waals surface area contributed by atoms with Crippen molar-refractivity contribution in [3.63, 3.8) is 0 Å². The number of rotatable bonds is 9. The zero-order valence-electron chi connectivity index (χ0n) is 15.9. The second kappa shape index (κ2) is 11.2. The van der Waals surface area contributed by atoms with Gasteiger partial charge in [-0.25, -0.2) is 16.8 Å². The van der Waals surface area contributed by atoms with Gasteiger partial charge >= 0.3 is 11.0 Å². The van der Waals surface area contributed by atoms with Crippen molar-refractivity contribution in [1.29, 1.82) is 0 Å². The maximum atomic E-state index is 11.4. The fourth-order valence-corrected chi connectivity index (χ4v) is 3.75. The standard InChI is InChI=1S/C12H24N2.C2F6NO4S2/c1-3-4-5-6-7-8-9-14-11-10-13(2)12-14;3-1(4,5)14(10,11)9-15(12,13)2(6,7)8/h10-11H,3-9,12H2,1-2H3;/q;-1. The van der Waals surface area contributed by atoms with E-state index in [4.69, 9.17) is 0 Å². The summed E-state index contributed by atoms with van der Waals surface area (Å²) < 4.78 is 109. The quantitative estimate of drug-likeness (QED) is 0.368. The van der Waals surface area contributed by atoms with Crippen LogP contribution in [0.4, 0.5) is 26.3 Å². The van der Waals surface area contributed by atoms with Crippen LogP contribution in [0.3, 0.4) is 0 Å². The molecular formula is C14H24F6N3O4S2-. The largest absolute Gasteiger partial charge is 0.480 e. The SMILES string of the molecule is CCCCCCCCN1C=CN(C)C1.O=S(=O)([N-]S(=O)(=O)C(F)(F)F)C(F)(F)F. The first kappa shape index (κ1) is 27.8. The minimum atomic E-state index is -6.72. The molecule has 29 heavy (non-hydrogen) atoms. The van der Waals surface area contributed by atoms with Gasteiger partial charge in [0.25, 0.3) is 0 Å². The normalized spacial score (nSPS) is 15.4. The molecular weight excluding hydrogens is 452 g/mol. The average molecular weight is 476 g/mol. The van der Waals surface area contributed by atoms with E-state index in [9.17, 15) is 43.2 Å². The number of halogens is 6. The molecule has 0 aromatic rings. The van der Waals surface area contributed by atoms with Crippen LogP contribution in [0.15, 0.2) is 12.4 Å². The van der Waals surface area contributed by atoms with E-state index in [0.29, 0.717) is 0 Å². The molecule has 0 atom stereocenters. The highest BCUT2D eigenvalue weighted by Crippen LogP contribution is 2.36. The summed E-state index contributed by atoms with van der Waals surface area (Å²) in [7, 11) is -11.3. The van der Waals surface area contributed by atoms with Gasteiger partial charge in [-0.15, -0.1) is 0 Å². The lowest BCUT2D eigenvalue weighted by Crippen LogP contribution is -2.30. The molecule has 0 spiro atoms. The monoisotopic (exact) mass is 476 g/mol. The lowest BCUT2D eigenvalue weighted by molar-refractivity contribution is -0.0444. The van der Waals surface area contributed by atoms with Crippen molar-refractivity contribution in [3.8, 4) is 0 Å². The zero-order chi connectivity index (χ0) is 22.9. The molecule has 1 heterocycles. The number of nitrogens with zero attached hydrogens (tertiary/aromatic N) is 3. The highest BCUT2D eigenvalue weighted by Gasteiger charge is 2.46. The fourth-order valence-electron chi connectivity index (χ4n) is 2.04. The molecule has 0 bridgehead atoms. The Morgan fingerprint density at radius 2 is 1.28 bits per heavy atom. The van der Waals surface area contributed by atoms with Gasteiger partial charge in [-0.2, -0.15) is 26.3 Å². The molecule has 0 fully saturated rings. The van der Waals surface area contributed by atoms with Crippen LogP contribution in [0, 0.1) is 0 Å². The van der Waals surface area contributed by atoms with Gasteiger partial charge in [0.2, 0.25) is 0 Å².